The number of alkyl halides is 3. The topological polar surface area (TPSA) is 29.5 Å². The second-order valence-corrected chi connectivity index (χ2v) is 9.92. The number of carbonyl (C=O) groups excluding carboxylic acids is 1. The van der Waals surface area contributed by atoms with Gasteiger partial charge in [0.2, 0.25) is 0 Å². The van der Waals surface area contributed by atoms with Gasteiger partial charge in [-0.3, -0.25) is 4.90 Å². The SMILES string of the molecule is O=C(OCC1c2ccccc2-c2ccccc21)N1C2C=C(c3cccc(C(F)(F)F)c3F)CC1CCC2. The summed E-state index contributed by atoms with van der Waals surface area (Å²) in [6, 6.07) is 19.0. The van der Waals surface area contributed by atoms with Crippen LogP contribution in [-0.2, 0) is 10.9 Å². The lowest BCUT2D eigenvalue weighted by Crippen LogP contribution is -2.52. The third-order valence-corrected chi connectivity index (χ3v) is 7.83. The Hall–Kier alpha value is -3.61. The summed E-state index contributed by atoms with van der Waals surface area (Å²) < 4.78 is 60.5. The summed E-state index contributed by atoms with van der Waals surface area (Å²) in [5.74, 6) is -1.32. The average molecular weight is 508 g/mol. The van der Waals surface area contributed by atoms with Crippen molar-refractivity contribution >= 4 is 11.7 Å². The Labute approximate surface area is 212 Å². The van der Waals surface area contributed by atoms with E-state index in [1.54, 1.807) is 11.0 Å². The van der Waals surface area contributed by atoms with Crippen molar-refractivity contribution in [3.05, 3.63) is 101 Å². The first kappa shape index (κ1) is 23.8. The molecule has 1 aliphatic carbocycles. The van der Waals surface area contributed by atoms with Gasteiger partial charge in [0, 0.05) is 17.5 Å². The molecule has 0 radical (unpaired) electrons. The fourth-order valence-corrected chi connectivity index (χ4v) is 6.18. The van der Waals surface area contributed by atoms with Gasteiger partial charge in [-0.25, -0.2) is 9.18 Å². The molecule has 2 bridgehead atoms. The van der Waals surface area contributed by atoms with Crippen LogP contribution >= 0.6 is 0 Å². The molecule has 1 amide bonds. The average Bonchev–Trinajstić information content (AvgIpc) is 3.19. The van der Waals surface area contributed by atoms with Gasteiger partial charge in [0.25, 0.3) is 0 Å². The van der Waals surface area contributed by atoms with E-state index in [0.717, 1.165) is 34.7 Å². The van der Waals surface area contributed by atoms with Crippen LogP contribution in [-0.4, -0.2) is 29.7 Å². The fourth-order valence-electron chi connectivity index (χ4n) is 6.18. The van der Waals surface area contributed by atoms with Gasteiger partial charge in [-0.15, -0.1) is 0 Å². The Morgan fingerprint density at radius 1 is 0.892 bits per heavy atom. The van der Waals surface area contributed by atoms with Crippen molar-refractivity contribution in [3.63, 3.8) is 0 Å². The molecule has 3 aliphatic rings. The summed E-state index contributed by atoms with van der Waals surface area (Å²) in [7, 11) is 0. The van der Waals surface area contributed by atoms with Crippen LogP contribution in [0, 0.1) is 5.82 Å². The van der Waals surface area contributed by atoms with Crippen molar-refractivity contribution in [3.8, 4) is 11.1 Å². The Bertz CT molecular complexity index is 1350. The molecule has 3 nitrogen and oxygen atoms in total. The molecule has 7 heteroatoms. The number of rotatable bonds is 3. The zero-order chi connectivity index (χ0) is 25.7. The molecule has 0 spiro atoms. The van der Waals surface area contributed by atoms with E-state index in [0.29, 0.717) is 24.8 Å². The third-order valence-electron chi connectivity index (χ3n) is 7.83. The van der Waals surface area contributed by atoms with Crippen LogP contribution in [0.25, 0.3) is 16.7 Å². The Morgan fingerprint density at radius 3 is 2.19 bits per heavy atom. The zero-order valence-electron chi connectivity index (χ0n) is 20.0. The molecule has 190 valence electrons. The Morgan fingerprint density at radius 2 is 1.54 bits per heavy atom. The summed E-state index contributed by atoms with van der Waals surface area (Å²) >= 11 is 0. The molecule has 2 heterocycles. The van der Waals surface area contributed by atoms with Crippen molar-refractivity contribution in [1.82, 2.24) is 4.90 Å². The number of nitrogens with zero attached hydrogens (tertiary/aromatic N) is 1. The van der Waals surface area contributed by atoms with Crippen LogP contribution in [0.1, 0.15) is 53.9 Å². The van der Waals surface area contributed by atoms with E-state index < -0.39 is 23.7 Å². The summed E-state index contributed by atoms with van der Waals surface area (Å²) in [4.78, 5) is 15.0. The number of ether oxygens (including phenoxy) is 1. The van der Waals surface area contributed by atoms with Gasteiger partial charge >= 0.3 is 12.3 Å². The van der Waals surface area contributed by atoms with Gasteiger partial charge < -0.3 is 4.74 Å². The Kier molecular flexibility index (Phi) is 5.81. The van der Waals surface area contributed by atoms with Crippen LogP contribution < -0.4 is 0 Å². The highest BCUT2D eigenvalue weighted by Crippen LogP contribution is 2.45. The lowest BCUT2D eigenvalue weighted by Gasteiger charge is -2.44. The molecule has 1 fully saturated rings. The number of fused-ring (bicyclic) bond motifs is 5. The molecule has 0 N–H and O–H groups in total. The first-order valence-corrected chi connectivity index (χ1v) is 12.5. The number of halogens is 4. The molecule has 6 rings (SSSR count). The van der Waals surface area contributed by atoms with Gasteiger partial charge in [0.05, 0.1) is 11.6 Å². The van der Waals surface area contributed by atoms with Crippen molar-refractivity contribution in [2.75, 3.05) is 6.61 Å². The third kappa shape index (κ3) is 4.10. The number of amides is 1. The molecule has 2 aliphatic heterocycles. The van der Waals surface area contributed by atoms with Gasteiger partial charge in [-0.1, -0.05) is 66.7 Å². The smallest absolute Gasteiger partial charge is 0.419 e. The summed E-state index contributed by atoms with van der Waals surface area (Å²) in [6.45, 7) is 0.196. The zero-order valence-corrected chi connectivity index (χ0v) is 20.0. The van der Waals surface area contributed by atoms with Gasteiger partial charge in [-0.2, -0.15) is 13.2 Å². The normalized spacial score (nSPS) is 20.8. The standard InChI is InChI=1S/C30H25F4NO2/c31-28-21(13-6-14-27(28)30(32,33)34)18-15-19-7-5-8-20(16-18)35(19)29(36)37-17-26-24-11-3-1-9-22(24)23-10-2-4-12-25(23)26/h1-4,6,9-15,19-20,26H,5,7-8,16-17H2. The maximum Gasteiger partial charge on any atom is 0.419 e. The predicted octanol–water partition coefficient (Wildman–Crippen LogP) is 7.80. The van der Waals surface area contributed by atoms with E-state index in [9.17, 15) is 22.4 Å². The largest absolute Gasteiger partial charge is 0.448 e. The molecular weight excluding hydrogens is 482 g/mol. The molecule has 0 aromatic heterocycles. The van der Waals surface area contributed by atoms with Gasteiger partial charge in [-0.05, 0) is 59.6 Å². The van der Waals surface area contributed by atoms with E-state index in [1.165, 1.54) is 12.1 Å². The van der Waals surface area contributed by atoms with E-state index >= 15 is 0 Å². The minimum absolute atomic E-state index is 0.0427. The summed E-state index contributed by atoms with van der Waals surface area (Å²) in [5, 5.41) is 0. The van der Waals surface area contributed by atoms with Crippen LogP contribution in [0.15, 0.2) is 72.8 Å². The van der Waals surface area contributed by atoms with Crippen molar-refractivity contribution < 1.29 is 27.1 Å². The fraction of sp³-hybridized carbons (Fsp3) is 0.300. The maximum absolute atomic E-state index is 14.9. The first-order valence-electron chi connectivity index (χ1n) is 12.5. The van der Waals surface area contributed by atoms with Crippen LogP contribution in [0.3, 0.4) is 0 Å². The summed E-state index contributed by atoms with van der Waals surface area (Å²) in [6.07, 6.45) is -0.926. The lowest BCUT2D eigenvalue weighted by atomic mass is 9.82. The van der Waals surface area contributed by atoms with Crippen molar-refractivity contribution in [2.45, 2.75) is 49.9 Å². The molecule has 0 saturated carbocycles. The van der Waals surface area contributed by atoms with Crippen LogP contribution in [0.2, 0.25) is 0 Å². The molecule has 3 aromatic carbocycles. The maximum atomic E-state index is 14.9. The number of benzene rings is 3. The molecule has 1 saturated heterocycles. The highest BCUT2D eigenvalue weighted by Gasteiger charge is 2.41. The van der Waals surface area contributed by atoms with E-state index in [4.69, 9.17) is 4.74 Å². The first-order chi connectivity index (χ1) is 17.8. The number of hydrogen-bond acceptors (Lipinski definition) is 2. The van der Waals surface area contributed by atoms with E-state index in [-0.39, 0.29) is 30.2 Å². The minimum atomic E-state index is -4.77. The number of piperidine rings is 1. The quantitative estimate of drug-likeness (QED) is 0.339. The van der Waals surface area contributed by atoms with Gasteiger partial charge in [0.1, 0.15) is 12.4 Å². The van der Waals surface area contributed by atoms with Gasteiger partial charge in [0.15, 0.2) is 0 Å². The molecule has 2 unspecified atom stereocenters. The van der Waals surface area contributed by atoms with Crippen LogP contribution in [0.4, 0.5) is 22.4 Å². The second-order valence-electron chi connectivity index (χ2n) is 9.92. The van der Waals surface area contributed by atoms with Crippen molar-refractivity contribution in [1.29, 1.82) is 0 Å². The lowest BCUT2D eigenvalue weighted by molar-refractivity contribution is -0.140. The monoisotopic (exact) mass is 507 g/mol. The Balaban J connectivity index is 1.23. The molecule has 3 aromatic rings. The van der Waals surface area contributed by atoms with E-state index in [1.807, 2.05) is 24.3 Å². The van der Waals surface area contributed by atoms with E-state index in [2.05, 4.69) is 24.3 Å². The highest BCUT2D eigenvalue weighted by molar-refractivity contribution is 5.79. The van der Waals surface area contributed by atoms with Crippen molar-refractivity contribution in [2.24, 2.45) is 0 Å². The molecule has 37 heavy (non-hydrogen) atoms. The minimum Gasteiger partial charge on any atom is -0.448 e. The second kappa shape index (κ2) is 9.05. The van der Waals surface area contributed by atoms with Crippen LogP contribution in [0.5, 0.6) is 0 Å². The number of hydrogen-bond donors (Lipinski definition) is 0. The number of carbonyl (C=O) groups is 1. The predicted molar refractivity (Wildman–Crippen MR) is 132 cm³/mol. The summed E-state index contributed by atoms with van der Waals surface area (Å²) in [5.41, 5.74) is 3.74. The molecular formula is C30H25F4NO2. The molecule has 2 atom stereocenters. The highest BCUT2D eigenvalue weighted by atomic mass is 19.4.